The van der Waals surface area contributed by atoms with Gasteiger partial charge < -0.3 is 15.0 Å². The van der Waals surface area contributed by atoms with Crippen LogP contribution in [0.1, 0.15) is 58.1 Å². The minimum atomic E-state index is -0.453. The Hall–Kier alpha value is -3.26. The lowest BCUT2D eigenvalue weighted by molar-refractivity contribution is -0.127. The van der Waals surface area contributed by atoms with Crippen LogP contribution in [0.3, 0.4) is 0 Å². The topological polar surface area (TPSA) is 79.0 Å². The zero-order valence-corrected chi connectivity index (χ0v) is 22.4. The highest BCUT2D eigenvalue weighted by atomic mass is 32.2. The van der Waals surface area contributed by atoms with Crippen LogP contribution in [0, 0.1) is 0 Å². The van der Waals surface area contributed by atoms with E-state index in [1.165, 1.54) is 11.3 Å². The first-order valence-electron chi connectivity index (χ1n) is 12.1. The van der Waals surface area contributed by atoms with Crippen molar-refractivity contribution in [3.63, 3.8) is 0 Å². The van der Waals surface area contributed by atoms with Gasteiger partial charge in [-0.3, -0.25) is 19.3 Å². The molecule has 8 heteroatoms. The van der Waals surface area contributed by atoms with Crippen LogP contribution >= 0.6 is 11.8 Å². The molecule has 2 aromatic rings. The van der Waals surface area contributed by atoms with Crippen LogP contribution in [-0.4, -0.2) is 47.2 Å². The molecule has 0 saturated carbocycles. The number of rotatable bonds is 6. The molecule has 7 nitrogen and oxygen atoms in total. The monoisotopic (exact) mass is 507 g/mol. The lowest BCUT2D eigenvalue weighted by atomic mass is 9.79. The Balaban J connectivity index is 1.50. The largest absolute Gasteiger partial charge is 0.497 e. The van der Waals surface area contributed by atoms with Crippen LogP contribution < -0.4 is 15.0 Å². The molecule has 0 spiro atoms. The Kier molecular flexibility index (Phi) is 7.18. The van der Waals surface area contributed by atoms with Crippen molar-refractivity contribution in [3.05, 3.63) is 58.5 Å². The molecule has 0 aliphatic carbocycles. The molecular formula is C28H33N3O4S. The standard InChI is InChI=1S/C28H33N3O4S/c1-17(2)31-23-12-7-19(13-22(23)18(3)15-28(31,4)5)14-24-26(33)30(27(34)36-24)16-25(32)29-20-8-10-21(35-6)11-9-20/h7-14,17-18H,15-16H2,1-6H3,(H,29,32)/b24-14-/t18-/m0/s1. The highest BCUT2D eigenvalue weighted by Gasteiger charge is 2.38. The van der Waals surface area contributed by atoms with E-state index in [4.69, 9.17) is 4.74 Å². The third-order valence-electron chi connectivity index (χ3n) is 6.66. The number of amides is 3. The van der Waals surface area contributed by atoms with E-state index in [-0.39, 0.29) is 12.1 Å². The SMILES string of the molecule is COc1ccc(NC(=O)CN2C(=O)S/C(=C\c3ccc4c(c3)[C@@H](C)CC(C)(C)N4C(C)C)C2=O)cc1. The van der Waals surface area contributed by atoms with Gasteiger partial charge in [0.05, 0.1) is 12.0 Å². The molecule has 190 valence electrons. The summed E-state index contributed by atoms with van der Waals surface area (Å²) in [5.74, 6) is 0.143. The Morgan fingerprint density at radius 3 is 2.53 bits per heavy atom. The second-order valence-electron chi connectivity index (χ2n) is 10.2. The summed E-state index contributed by atoms with van der Waals surface area (Å²) in [5.41, 5.74) is 3.95. The quantitative estimate of drug-likeness (QED) is 0.493. The molecule has 0 aromatic heterocycles. The van der Waals surface area contributed by atoms with Crippen LogP contribution in [0.5, 0.6) is 5.75 Å². The third kappa shape index (κ3) is 5.14. The summed E-state index contributed by atoms with van der Waals surface area (Å²) in [7, 11) is 1.56. The summed E-state index contributed by atoms with van der Waals surface area (Å²) < 4.78 is 5.11. The van der Waals surface area contributed by atoms with Crippen molar-refractivity contribution in [1.29, 1.82) is 0 Å². The van der Waals surface area contributed by atoms with Crippen molar-refractivity contribution in [1.82, 2.24) is 4.90 Å². The molecule has 4 rings (SSSR count). The van der Waals surface area contributed by atoms with E-state index in [9.17, 15) is 14.4 Å². The van der Waals surface area contributed by atoms with Gasteiger partial charge in [-0.05, 0) is 105 Å². The summed E-state index contributed by atoms with van der Waals surface area (Å²) in [6.45, 7) is 10.9. The van der Waals surface area contributed by atoms with E-state index in [2.05, 4.69) is 57.0 Å². The van der Waals surface area contributed by atoms with Crippen molar-refractivity contribution in [2.45, 2.75) is 58.5 Å². The lowest BCUT2D eigenvalue weighted by Gasteiger charge is -2.50. The summed E-state index contributed by atoms with van der Waals surface area (Å²) in [6, 6.07) is 13.4. The van der Waals surface area contributed by atoms with E-state index in [1.54, 1.807) is 37.5 Å². The molecule has 36 heavy (non-hydrogen) atoms. The van der Waals surface area contributed by atoms with E-state index in [0.29, 0.717) is 28.3 Å². The van der Waals surface area contributed by atoms with Gasteiger partial charge in [-0.25, -0.2) is 0 Å². The van der Waals surface area contributed by atoms with Gasteiger partial charge in [0.2, 0.25) is 5.91 Å². The minimum Gasteiger partial charge on any atom is -0.497 e. The summed E-state index contributed by atoms with van der Waals surface area (Å²) in [5, 5.41) is 2.26. The number of nitrogens with one attached hydrogen (secondary N) is 1. The number of hydrogen-bond acceptors (Lipinski definition) is 6. The first-order chi connectivity index (χ1) is 17.0. The molecule has 2 heterocycles. The summed E-state index contributed by atoms with van der Waals surface area (Å²) >= 11 is 0.865. The zero-order chi connectivity index (χ0) is 26.2. The maximum absolute atomic E-state index is 13.0. The smallest absolute Gasteiger partial charge is 0.294 e. The number of carbonyl (C=O) groups is 3. The number of methoxy groups -OCH3 is 1. The molecule has 1 saturated heterocycles. The molecular weight excluding hydrogens is 474 g/mol. The van der Waals surface area contributed by atoms with Gasteiger partial charge in [-0.2, -0.15) is 0 Å². The zero-order valence-electron chi connectivity index (χ0n) is 21.6. The normalized spacial score (nSPS) is 20.2. The Bertz CT molecular complexity index is 1220. The van der Waals surface area contributed by atoms with Gasteiger partial charge in [0.1, 0.15) is 12.3 Å². The number of ether oxygens (including phenoxy) is 1. The highest BCUT2D eigenvalue weighted by Crippen LogP contribution is 2.45. The number of anilines is 2. The lowest BCUT2D eigenvalue weighted by Crippen LogP contribution is -2.51. The Morgan fingerprint density at radius 1 is 1.19 bits per heavy atom. The molecule has 1 N–H and O–H groups in total. The fourth-order valence-electron chi connectivity index (χ4n) is 5.34. The first-order valence-corrected chi connectivity index (χ1v) is 12.9. The number of imide groups is 1. The van der Waals surface area contributed by atoms with Crippen LogP contribution in [0.25, 0.3) is 6.08 Å². The fraction of sp³-hybridized carbons (Fsp3) is 0.393. The number of nitrogens with zero attached hydrogens (tertiary/aromatic N) is 2. The van der Waals surface area contributed by atoms with Crippen LogP contribution in [0.4, 0.5) is 16.2 Å². The van der Waals surface area contributed by atoms with E-state index >= 15 is 0 Å². The molecule has 2 aromatic carbocycles. The molecule has 0 radical (unpaired) electrons. The van der Waals surface area contributed by atoms with Crippen LogP contribution in [-0.2, 0) is 9.59 Å². The summed E-state index contributed by atoms with van der Waals surface area (Å²) in [4.78, 5) is 41.8. The number of hydrogen-bond donors (Lipinski definition) is 1. The van der Waals surface area contributed by atoms with Crippen molar-refractivity contribution in [2.24, 2.45) is 0 Å². The Labute approximate surface area is 216 Å². The van der Waals surface area contributed by atoms with Crippen molar-refractivity contribution in [2.75, 3.05) is 23.9 Å². The maximum atomic E-state index is 13.0. The minimum absolute atomic E-state index is 0.0527. The second kappa shape index (κ2) is 10.0. The van der Waals surface area contributed by atoms with E-state index in [1.807, 2.05) is 6.07 Å². The van der Waals surface area contributed by atoms with Crippen LogP contribution in [0.15, 0.2) is 47.4 Å². The summed E-state index contributed by atoms with van der Waals surface area (Å²) in [6.07, 6.45) is 2.78. The molecule has 3 amide bonds. The molecule has 2 aliphatic rings. The molecule has 0 bridgehead atoms. The molecule has 1 fully saturated rings. The number of benzene rings is 2. The highest BCUT2D eigenvalue weighted by molar-refractivity contribution is 8.18. The third-order valence-corrected chi connectivity index (χ3v) is 7.57. The van der Waals surface area contributed by atoms with Gasteiger partial charge in [0, 0.05) is 23.0 Å². The van der Waals surface area contributed by atoms with Crippen LogP contribution in [0.2, 0.25) is 0 Å². The van der Waals surface area contributed by atoms with Gasteiger partial charge in [-0.1, -0.05) is 13.0 Å². The fourth-order valence-corrected chi connectivity index (χ4v) is 6.18. The second-order valence-corrected chi connectivity index (χ2v) is 11.2. The molecule has 0 unspecified atom stereocenters. The predicted octanol–water partition coefficient (Wildman–Crippen LogP) is 5.87. The number of thioether (sulfide) groups is 1. The number of fused-ring (bicyclic) bond motifs is 1. The van der Waals surface area contributed by atoms with Crippen molar-refractivity contribution >= 4 is 46.3 Å². The molecule has 1 atom stereocenters. The average Bonchev–Trinajstić information content (AvgIpc) is 3.06. The molecule has 2 aliphatic heterocycles. The van der Waals surface area contributed by atoms with Gasteiger partial charge >= 0.3 is 0 Å². The van der Waals surface area contributed by atoms with Crippen molar-refractivity contribution in [3.8, 4) is 5.75 Å². The average molecular weight is 508 g/mol. The van der Waals surface area contributed by atoms with Gasteiger partial charge in [0.25, 0.3) is 11.1 Å². The van der Waals surface area contributed by atoms with Gasteiger partial charge in [-0.15, -0.1) is 0 Å². The predicted molar refractivity (Wildman–Crippen MR) is 145 cm³/mol. The maximum Gasteiger partial charge on any atom is 0.294 e. The number of carbonyl (C=O) groups excluding carboxylic acids is 3. The van der Waals surface area contributed by atoms with Gasteiger partial charge in [0.15, 0.2) is 0 Å². The first kappa shape index (κ1) is 25.8. The Morgan fingerprint density at radius 2 is 1.89 bits per heavy atom. The van der Waals surface area contributed by atoms with E-state index < -0.39 is 17.1 Å². The van der Waals surface area contributed by atoms with E-state index in [0.717, 1.165) is 28.6 Å². The van der Waals surface area contributed by atoms with Crippen molar-refractivity contribution < 1.29 is 19.1 Å².